The summed E-state index contributed by atoms with van der Waals surface area (Å²) in [5, 5.41) is 1.99. The number of rotatable bonds is 1. The van der Waals surface area contributed by atoms with E-state index in [0.29, 0.717) is 11.6 Å². The van der Waals surface area contributed by atoms with Gasteiger partial charge in [0.15, 0.2) is 5.70 Å². The Morgan fingerprint density at radius 1 is 1.35 bits per heavy atom. The van der Waals surface area contributed by atoms with E-state index in [-0.39, 0.29) is 5.41 Å². The molecule has 2 aromatic heterocycles. The van der Waals surface area contributed by atoms with Crippen molar-refractivity contribution in [2.75, 3.05) is 0 Å². The van der Waals surface area contributed by atoms with Crippen molar-refractivity contribution in [1.29, 1.82) is 0 Å². The molecule has 0 amide bonds. The maximum atomic E-state index is 11.8. The number of ether oxygens (including phenoxy) is 1. The molecule has 20 heavy (non-hydrogen) atoms. The number of carbonyl (C=O) groups is 1. The van der Waals surface area contributed by atoms with Crippen molar-refractivity contribution >= 4 is 39.5 Å². The lowest BCUT2D eigenvalue weighted by Crippen LogP contribution is -2.21. The molecular weight excluding hydrogens is 272 g/mol. The standard InChI is InChI=1S/C15H14N2O2S/c1-15(2,3)14-17-11(13(18)19-14)6-9-7-12-10(16-8-9)4-5-20-12/h4-8H,1-3H3/b11-6+. The zero-order chi connectivity index (χ0) is 14.3. The summed E-state index contributed by atoms with van der Waals surface area (Å²) in [4.78, 5) is 20.5. The molecule has 1 aliphatic heterocycles. The van der Waals surface area contributed by atoms with Gasteiger partial charge in [-0.3, -0.25) is 4.98 Å². The Bertz CT molecular complexity index is 751. The van der Waals surface area contributed by atoms with Crippen LogP contribution in [-0.4, -0.2) is 16.9 Å². The highest BCUT2D eigenvalue weighted by atomic mass is 32.1. The van der Waals surface area contributed by atoms with E-state index in [2.05, 4.69) is 9.98 Å². The SMILES string of the molecule is CC(C)(C)C1=N/C(=C/c2cnc3ccsc3c2)C(=O)O1. The zero-order valence-corrected chi connectivity index (χ0v) is 12.3. The van der Waals surface area contributed by atoms with Crippen LogP contribution in [0.2, 0.25) is 0 Å². The molecule has 0 spiro atoms. The maximum Gasteiger partial charge on any atom is 0.363 e. The summed E-state index contributed by atoms with van der Waals surface area (Å²) in [5.41, 5.74) is 1.87. The number of cyclic esters (lactones) is 1. The molecule has 3 rings (SSSR count). The second kappa shape index (κ2) is 4.52. The Balaban J connectivity index is 1.99. The third-order valence-corrected chi connectivity index (χ3v) is 3.74. The first-order chi connectivity index (χ1) is 9.43. The van der Waals surface area contributed by atoms with Crippen LogP contribution in [0.4, 0.5) is 0 Å². The monoisotopic (exact) mass is 286 g/mol. The van der Waals surface area contributed by atoms with E-state index in [9.17, 15) is 4.79 Å². The first-order valence-corrected chi connectivity index (χ1v) is 7.18. The van der Waals surface area contributed by atoms with Gasteiger partial charge in [-0.15, -0.1) is 11.3 Å². The molecule has 4 nitrogen and oxygen atoms in total. The molecule has 0 unspecified atom stereocenters. The number of aromatic nitrogens is 1. The Kier molecular flexibility index (Phi) is 2.94. The lowest BCUT2D eigenvalue weighted by atomic mass is 9.97. The van der Waals surface area contributed by atoms with Crippen molar-refractivity contribution < 1.29 is 9.53 Å². The summed E-state index contributed by atoms with van der Waals surface area (Å²) in [6.45, 7) is 5.88. The molecule has 3 heterocycles. The predicted octanol–water partition coefficient (Wildman–Crippen LogP) is 3.64. The molecular formula is C15H14N2O2S. The maximum absolute atomic E-state index is 11.8. The topological polar surface area (TPSA) is 51.5 Å². The second-order valence-electron chi connectivity index (χ2n) is 5.66. The van der Waals surface area contributed by atoms with Gasteiger partial charge in [-0.1, -0.05) is 20.8 Å². The zero-order valence-electron chi connectivity index (χ0n) is 11.5. The van der Waals surface area contributed by atoms with Crippen LogP contribution in [0.3, 0.4) is 0 Å². The fourth-order valence-electron chi connectivity index (χ4n) is 1.83. The molecule has 0 aromatic carbocycles. The average Bonchev–Trinajstić information content (AvgIpc) is 2.95. The number of pyridine rings is 1. The fraction of sp³-hybridized carbons (Fsp3) is 0.267. The predicted molar refractivity (Wildman–Crippen MR) is 80.6 cm³/mol. The smallest absolute Gasteiger partial charge is 0.363 e. The summed E-state index contributed by atoms with van der Waals surface area (Å²) in [6, 6.07) is 3.97. The summed E-state index contributed by atoms with van der Waals surface area (Å²) >= 11 is 1.62. The van der Waals surface area contributed by atoms with E-state index >= 15 is 0 Å². The van der Waals surface area contributed by atoms with Crippen LogP contribution in [0.1, 0.15) is 26.3 Å². The second-order valence-corrected chi connectivity index (χ2v) is 6.61. The number of carbonyl (C=O) groups excluding carboxylic acids is 1. The minimum absolute atomic E-state index is 0.277. The Morgan fingerprint density at radius 3 is 2.85 bits per heavy atom. The molecule has 102 valence electrons. The molecule has 0 atom stereocenters. The molecule has 0 saturated heterocycles. The number of hydrogen-bond donors (Lipinski definition) is 0. The van der Waals surface area contributed by atoms with Gasteiger partial charge in [0, 0.05) is 11.6 Å². The average molecular weight is 286 g/mol. The molecule has 0 bridgehead atoms. The van der Waals surface area contributed by atoms with Gasteiger partial charge in [-0.25, -0.2) is 9.79 Å². The lowest BCUT2D eigenvalue weighted by Gasteiger charge is -2.15. The van der Waals surface area contributed by atoms with Crippen LogP contribution in [0.5, 0.6) is 0 Å². The van der Waals surface area contributed by atoms with Crippen molar-refractivity contribution in [1.82, 2.24) is 4.98 Å². The third-order valence-electron chi connectivity index (χ3n) is 2.89. The molecule has 1 aliphatic rings. The molecule has 0 aliphatic carbocycles. The first kappa shape index (κ1) is 13.0. The van der Waals surface area contributed by atoms with E-state index < -0.39 is 5.97 Å². The van der Waals surface area contributed by atoms with Crippen molar-refractivity contribution in [2.24, 2.45) is 10.4 Å². The lowest BCUT2D eigenvalue weighted by molar-refractivity contribution is -0.130. The summed E-state index contributed by atoms with van der Waals surface area (Å²) in [7, 11) is 0. The highest BCUT2D eigenvalue weighted by Crippen LogP contribution is 2.26. The van der Waals surface area contributed by atoms with Crippen molar-refractivity contribution in [2.45, 2.75) is 20.8 Å². The number of nitrogens with zero attached hydrogens (tertiary/aromatic N) is 2. The molecule has 0 N–H and O–H groups in total. The number of hydrogen-bond acceptors (Lipinski definition) is 5. The highest BCUT2D eigenvalue weighted by Gasteiger charge is 2.31. The van der Waals surface area contributed by atoms with Crippen molar-refractivity contribution in [3.05, 3.63) is 35.0 Å². The van der Waals surface area contributed by atoms with E-state index in [1.54, 1.807) is 23.6 Å². The van der Waals surface area contributed by atoms with E-state index in [4.69, 9.17) is 4.74 Å². The van der Waals surface area contributed by atoms with Crippen LogP contribution in [0.25, 0.3) is 16.3 Å². The van der Waals surface area contributed by atoms with Gasteiger partial charge >= 0.3 is 5.97 Å². The van der Waals surface area contributed by atoms with E-state index in [1.807, 2.05) is 38.3 Å². The van der Waals surface area contributed by atoms with Gasteiger partial charge in [0.2, 0.25) is 5.90 Å². The Hall–Kier alpha value is -2.01. The van der Waals surface area contributed by atoms with Gasteiger partial charge in [0.05, 0.1) is 10.2 Å². The number of thiophene rings is 1. The van der Waals surface area contributed by atoms with Gasteiger partial charge in [0.25, 0.3) is 0 Å². The van der Waals surface area contributed by atoms with Gasteiger partial charge < -0.3 is 4.74 Å². The third kappa shape index (κ3) is 2.36. The number of esters is 1. The molecule has 0 saturated carbocycles. The van der Waals surface area contributed by atoms with Gasteiger partial charge in [0.1, 0.15) is 0 Å². The quantitative estimate of drug-likeness (QED) is 0.594. The molecule has 5 heteroatoms. The van der Waals surface area contributed by atoms with Crippen LogP contribution < -0.4 is 0 Å². The van der Waals surface area contributed by atoms with E-state index in [1.165, 1.54) is 0 Å². The van der Waals surface area contributed by atoms with Crippen molar-refractivity contribution in [3.63, 3.8) is 0 Å². The largest absolute Gasteiger partial charge is 0.406 e. The number of fused-ring (bicyclic) bond motifs is 1. The summed E-state index contributed by atoms with van der Waals surface area (Å²) < 4.78 is 6.30. The van der Waals surface area contributed by atoms with Crippen LogP contribution in [-0.2, 0) is 9.53 Å². The first-order valence-electron chi connectivity index (χ1n) is 6.30. The highest BCUT2D eigenvalue weighted by molar-refractivity contribution is 7.17. The summed E-state index contributed by atoms with van der Waals surface area (Å²) in [6.07, 6.45) is 3.45. The fourth-order valence-corrected chi connectivity index (χ4v) is 2.62. The minimum atomic E-state index is -0.402. The molecule has 0 fully saturated rings. The van der Waals surface area contributed by atoms with Gasteiger partial charge in [-0.2, -0.15) is 0 Å². The van der Waals surface area contributed by atoms with Crippen molar-refractivity contribution in [3.8, 4) is 0 Å². The van der Waals surface area contributed by atoms with Gasteiger partial charge in [-0.05, 0) is 29.2 Å². The molecule has 2 aromatic rings. The van der Waals surface area contributed by atoms with Crippen LogP contribution >= 0.6 is 11.3 Å². The number of aliphatic imine (C=N–C) groups is 1. The normalized spacial score (nSPS) is 17.6. The minimum Gasteiger partial charge on any atom is -0.406 e. The Labute approximate surface area is 120 Å². The van der Waals surface area contributed by atoms with E-state index in [0.717, 1.165) is 15.8 Å². The summed E-state index contributed by atoms with van der Waals surface area (Å²) in [5.74, 6) is 0.0557. The van der Waals surface area contributed by atoms with Crippen LogP contribution in [0, 0.1) is 5.41 Å². The van der Waals surface area contributed by atoms with Crippen LogP contribution in [0.15, 0.2) is 34.4 Å². The molecule has 0 radical (unpaired) electrons. The Morgan fingerprint density at radius 2 is 2.15 bits per heavy atom.